The second kappa shape index (κ2) is 5.15. The van der Waals surface area contributed by atoms with Crippen LogP contribution in [0.25, 0.3) is 22.8 Å². The summed E-state index contributed by atoms with van der Waals surface area (Å²) in [4.78, 5) is 4.49. The fourth-order valence-electron chi connectivity index (χ4n) is 1.75. The Morgan fingerprint density at radius 2 is 1.79 bits per heavy atom. The Bertz CT molecular complexity index is 710. The highest BCUT2D eigenvalue weighted by Gasteiger charge is 2.08. The molecule has 0 saturated carbocycles. The van der Waals surface area contributed by atoms with E-state index in [9.17, 15) is 0 Å². The largest absolute Gasteiger partial charge is 0.259 e. The van der Waals surface area contributed by atoms with Crippen LogP contribution in [-0.2, 0) is 0 Å². The number of hydrogen-bond acceptors (Lipinski definition) is 2. The summed E-state index contributed by atoms with van der Waals surface area (Å²) in [6.07, 6.45) is 0. The Hall–Kier alpha value is -1.65. The van der Waals surface area contributed by atoms with Gasteiger partial charge in [-0.15, -0.1) is 0 Å². The lowest BCUT2D eigenvalue weighted by Gasteiger charge is -1.98. The zero-order valence-corrected chi connectivity index (χ0v) is 12.1. The summed E-state index contributed by atoms with van der Waals surface area (Å²) in [5, 5.41) is 7.85. The average Bonchev–Trinajstić information content (AvgIpc) is 2.93. The van der Waals surface area contributed by atoms with Crippen molar-refractivity contribution in [2.24, 2.45) is 0 Å². The van der Waals surface area contributed by atoms with Crippen molar-refractivity contribution in [2.45, 2.75) is 0 Å². The lowest BCUT2D eigenvalue weighted by atomic mass is 10.2. The van der Waals surface area contributed by atoms with Crippen LogP contribution < -0.4 is 0 Å². The number of H-pyrrole nitrogens is 1. The van der Waals surface area contributed by atoms with Gasteiger partial charge in [0, 0.05) is 15.6 Å². The third-order valence-electron chi connectivity index (χ3n) is 2.71. The number of aromatic amines is 1. The van der Waals surface area contributed by atoms with E-state index in [1.54, 1.807) is 0 Å². The lowest BCUT2D eigenvalue weighted by molar-refractivity contribution is 1.10. The first-order chi connectivity index (χ1) is 9.24. The monoisotopic (exact) mass is 333 g/mol. The summed E-state index contributed by atoms with van der Waals surface area (Å²) >= 11 is 9.37. The van der Waals surface area contributed by atoms with Crippen molar-refractivity contribution in [3.63, 3.8) is 0 Å². The van der Waals surface area contributed by atoms with Crippen molar-refractivity contribution < 1.29 is 0 Å². The highest BCUT2D eigenvalue weighted by Crippen LogP contribution is 2.28. The summed E-state index contributed by atoms with van der Waals surface area (Å²) in [6, 6.07) is 15.5. The first-order valence-electron chi connectivity index (χ1n) is 5.67. The second-order valence-electron chi connectivity index (χ2n) is 4.00. The van der Waals surface area contributed by atoms with Gasteiger partial charge >= 0.3 is 0 Å². The van der Waals surface area contributed by atoms with Crippen molar-refractivity contribution in [2.75, 3.05) is 0 Å². The molecule has 3 rings (SSSR count). The molecule has 0 spiro atoms. The summed E-state index contributed by atoms with van der Waals surface area (Å²) < 4.78 is 0.831. The van der Waals surface area contributed by atoms with E-state index in [0.717, 1.165) is 21.4 Å². The van der Waals surface area contributed by atoms with Crippen LogP contribution in [0.1, 0.15) is 0 Å². The number of nitrogens with one attached hydrogen (secondary N) is 1. The van der Waals surface area contributed by atoms with E-state index in [1.807, 2.05) is 48.5 Å². The average molecular weight is 335 g/mol. The van der Waals surface area contributed by atoms with Gasteiger partial charge in [0.1, 0.15) is 0 Å². The van der Waals surface area contributed by atoms with E-state index in [-0.39, 0.29) is 0 Å². The maximum atomic E-state index is 5.97. The van der Waals surface area contributed by atoms with Gasteiger partial charge in [0.05, 0.1) is 5.02 Å². The number of nitrogens with zero attached hydrogens (tertiary/aromatic N) is 2. The first kappa shape index (κ1) is 12.4. The molecule has 3 aromatic rings. The third-order valence-corrected chi connectivity index (χ3v) is 3.92. The number of rotatable bonds is 2. The molecule has 5 heteroatoms. The SMILES string of the molecule is Clc1ccc(-c2n[nH]c(-c3ccccc3)n2)cc1Br. The molecule has 1 aromatic heterocycles. The highest BCUT2D eigenvalue weighted by molar-refractivity contribution is 9.10. The number of hydrogen-bond donors (Lipinski definition) is 1. The molecule has 0 bridgehead atoms. The van der Waals surface area contributed by atoms with Gasteiger partial charge in [0.25, 0.3) is 0 Å². The zero-order valence-electron chi connectivity index (χ0n) is 9.77. The molecule has 0 unspecified atom stereocenters. The smallest absolute Gasteiger partial charge is 0.181 e. The minimum atomic E-state index is 0.649. The topological polar surface area (TPSA) is 41.6 Å². The van der Waals surface area contributed by atoms with Gasteiger partial charge < -0.3 is 0 Å². The van der Waals surface area contributed by atoms with Crippen LogP contribution in [0.2, 0.25) is 5.02 Å². The molecular weight excluding hydrogens is 326 g/mol. The summed E-state index contributed by atoms with van der Waals surface area (Å²) in [6.45, 7) is 0. The fraction of sp³-hybridized carbons (Fsp3) is 0. The second-order valence-corrected chi connectivity index (χ2v) is 5.26. The molecule has 0 amide bonds. The molecular formula is C14H9BrClN3. The van der Waals surface area contributed by atoms with Crippen molar-refractivity contribution in [3.8, 4) is 22.8 Å². The van der Waals surface area contributed by atoms with Crippen LogP contribution in [0, 0.1) is 0 Å². The van der Waals surface area contributed by atoms with Crippen LogP contribution in [-0.4, -0.2) is 15.2 Å². The Kier molecular flexibility index (Phi) is 3.36. The zero-order chi connectivity index (χ0) is 13.2. The molecule has 94 valence electrons. The molecule has 1 heterocycles. The van der Waals surface area contributed by atoms with E-state index in [0.29, 0.717) is 10.8 Å². The van der Waals surface area contributed by atoms with Crippen LogP contribution in [0.4, 0.5) is 0 Å². The molecule has 0 aliphatic rings. The Morgan fingerprint density at radius 3 is 2.53 bits per heavy atom. The summed E-state index contributed by atoms with van der Waals surface area (Å²) in [7, 11) is 0. The van der Waals surface area contributed by atoms with E-state index >= 15 is 0 Å². The minimum absolute atomic E-state index is 0.649. The standard InChI is InChI=1S/C14H9BrClN3/c15-11-8-10(6-7-12(11)16)14-17-13(18-19-14)9-4-2-1-3-5-9/h1-8H,(H,17,18,19). The molecule has 0 radical (unpaired) electrons. The Morgan fingerprint density at radius 1 is 1.00 bits per heavy atom. The Labute approximate surface area is 123 Å². The number of benzene rings is 2. The van der Waals surface area contributed by atoms with Crippen molar-refractivity contribution >= 4 is 27.5 Å². The van der Waals surface area contributed by atoms with Gasteiger partial charge in [-0.2, -0.15) is 5.10 Å². The van der Waals surface area contributed by atoms with Gasteiger partial charge in [-0.05, 0) is 34.1 Å². The lowest BCUT2D eigenvalue weighted by Crippen LogP contribution is -1.82. The molecule has 3 nitrogen and oxygen atoms in total. The number of aromatic nitrogens is 3. The van der Waals surface area contributed by atoms with Crippen LogP contribution in [0.15, 0.2) is 53.0 Å². The van der Waals surface area contributed by atoms with Crippen LogP contribution >= 0.6 is 27.5 Å². The molecule has 0 aliphatic carbocycles. The maximum absolute atomic E-state index is 5.97. The van der Waals surface area contributed by atoms with Crippen LogP contribution in [0.5, 0.6) is 0 Å². The van der Waals surface area contributed by atoms with Gasteiger partial charge in [0.2, 0.25) is 0 Å². The molecule has 0 saturated heterocycles. The van der Waals surface area contributed by atoms with Crippen molar-refractivity contribution in [3.05, 3.63) is 58.0 Å². The molecule has 1 N–H and O–H groups in total. The molecule has 19 heavy (non-hydrogen) atoms. The van der Waals surface area contributed by atoms with Gasteiger partial charge in [-0.3, -0.25) is 5.10 Å². The third kappa shape index (κ3) is 2.55. The van der Waals surface area contributed by atoms with Crippen LogP contribution in [0.3, 0.4) is 0 Å². The van der Waals surface area contributed by atoms with E-state index in [2.05, 4.69) is 31.1 Å². The Balaban J connectivity index is 1.99. The number of halogens is 2. The van der Waals surface area contributed by atoms with E-state index < -0.39 is 0 Å². The first-order valence-corrected chi connectivity index (χ1v) is 6.84. The quantitative estimate of drug-likeness (QED) is 0.746. The van der Waals surface area contributed by atoms with E-state index in [1.165, 1.54) is 0 Å². The van der Waals surface area contributed by atoms with Crippen molar-refractivity contribution in [1.29, 1.82) is 0 Å². The van der Waals surface area contributed by atoms with Gasteiger partial charge in [0.15, 0.2) is 11.6 Å². The van der Waals surface area contributed by atoms with E-state index in [4.69, 9.17) is 11.6 Å². The molecule has 2 aromatic carbocycles. The van der Waals surface area contributed by atoms with Crippen molar-refractivity contribution in [1.82, 2.24) is 15.2 Å². The molecule has 0 fully saturated rings. The normalized spacial score (nSPS) is 10.6. The fourth-order valence-corrected chi connectivity index (χ4v) is 2.25. The predicted molar refractivity (Wildman–Crippen MR) is 80.0 cm³/mol. The summed E-state index contributed by atoms with van der Waals surface area (Å²) in [5.41, 5.74) is 1.92. The molecule has 0 aliphatic heterocycles. The minimum Gasteiger partial charge on any atom is -0.259 e. The van der Waals surface area contributed by atoms with Gasteiger partial charge in [-0.25, -0.2) is 4.98 Å². The molecule has 0 atom stereocenters. The summed E-state index contributed by atoms with van der Waals surface area (Å²) in [5.74, 6) is 1.40. The maximum Gasteiger partial charge on any atom is 0.181 e. The highest BCUT2D eigenvalue weighted by atomic mass is 79.9. The van der Waals surface area contributed by atoms with Gasteiger partial charge in [-0.1, -0.05) is 41.9 Å². The predicted octanol–water partition coefficient (Wildman–Crippen LogP) is 4.55.